The number of carbonyl (C=O) groups is 4. The van der Waals surface area contributed by atoms with Crippen LogP contribution in [0.4, 0.5) is 11.4 Å². The average molecular weight is 519 g/mol. The lowest BCUT2D eigenvalue weighted by Crippen LogP contribution is -2.40. The molecule has 2 heterocycles. The zero-order valence-electron chi connectivity index (χ0n) is 21.1. The minimum absolute atomic E-state index is 0.0618. The number of hydrogen-bond acceptors (Lipinski definition) is 5. The molecule has 3 amide bonds. The number of carbonyl (C=O) groups excluding carboxylic acids is 4. The first kappa shape index (κ1) is 22.7. The van der Waals surface area contributed by atoms with Gasteiger partial charge in [-0.05, 0) is 53.7 Å². The molecule has 7 atom stereocenters. The Morgan fingerprint density at radius 1 is 0.821 bits per heavy atom. The minimum atomic E-state index is -0.619. The maximum absolute atomic E-state index is 13.5. The summed E-state index contributed by atoms with van der Waals surface area (Å²) in [5, 5.41) is 1.98. The van der Waals surface area contributed by atoms with Crippen LogP contribution in [0.15, 0.2) is 78.9 Å². The van der Waals surface area contributed by atoms with E-state index in [9.17, 15) is 19.2 Å². The summed E-state index contributed by atoms with van der Waals surface area (Å²) in [6.07, 6.45) is 5.48. The Kier molecular flexibility index (Phi) is 4.73. The molecule has 4 fully saturated rings. The molecule has 0 spiro atoms. The van der Waals surface area contributed by atoms with Crippen LogP contribution in [0, 0.1) is 41.4 Å². The highest BCUT2D eigenvalue weighted by Crippen LogP contribution is 2.65. The summed E-state index contributed by atoms with van der Waals surface area (Å²) >= 11 is 0. The molecule has 7 heteroatoms. The van der Waals surface area contributed by atoms with Gasteiger partial charge in [-0.3, -0.25) is 19.2 Å². The molecule has 0 radical (unpaired) electrons. The highest BCUT2D eigenvalue weighted by Gasteiger charge is 2.67. The number of esters is 1. The van der Waals surface area contributed by atoms with Crippen molar-refractivity contribution in [1.29, 1.82) is 0 Å². The lowest BCUT2D eigenvalue weighted by molar-refractivity contribution is -0.139. The quantitative estimate of drug-likeness (QED) is 0.222. The van der Waals surface area contributed by atoms with Gasteiger partial charge in [-0.1, -0.05) is 54.6 Å². The Labute approximate surface area is 225 Å². The first-order valence-corrected chi connectivity index (χ1v) is 13.7. The Balaban J connectivity index is 1.01. The predicted octanol–water partition coefficient (Wildman–Crippen LogP) is 4.36. The second kappa shape index (κ2) is 8.12. The van der Waals surface area contributed by atoms with Crippen molar-refractivity contribution in [3.8, 4) is 5.75 Å². The molecule has 3 aromatic carbocycles. The van der Waals surface area contributed by atoms with E-state index in [1.54, 1.807) is 29.2 Å². The SMILES string of the molecule is O=C(Oc1cccc(N2C(=O)[C@@H]3[C@H]4C=C[C@@H]([C@@H]5C[C@H]45)[C@@H]3C2=O)c1)[C@H]1CC(=O)N(c2cccc3ccccc23)C1. The minimum Gasteiger partial charge on any atom is -0.426 e. The number of allylic oxidation sites excluding steroid dienone is 2. The van der Waals surface area contributed by atoms with Gasteiger partial charge in [0.1, 0.15) is 5.75 Å². The molecule has 39 heavy (non-hydrogen) atoms. The monoisotopic (exact) mass is 518 g/mol. The van der Waals surface area contributed by atoms with Crippen LogP contribution in [0.1, 0.15) is 12.8 Å². The second-order valence-electron chi connectivity index (χ2n) is 11.5. The van der Waals surface area contributed by atoms with Gasteiger partial charge < -0.3 is 9.64 Å². The van der Waals surface area contributed by atoms with E-state index in [2.05, 4.69) is 12.2 Å². The van der Waals surface area contributed by atoms with E-state index < -0.39 is 11.9 Å². The number of anilines is 2. The van der Waals surface area contributed by atoms with E-state index in [4.69, 9.17) is 4.74 Å². The van der Waals surface area contributed by atoms with Crippen molar-refractivity contribution in [2.75, 3.05) is 16.3 Å². The van der Waals surface area contributed by atoms with Crippen LogP contribution in [0.5, 0.6) is 5.75 Å². The molecule has 0 N–H and O–H groups in total. The average Bonchev–Trinajstić information content (AvgIpc) is 3.63. The molecule has 7 nitrogen and oxygen atoms in total. The number of hydrogen-bond donors (Lipinski definition) is 0. The molecule has 2 aliphatic heterocycles. The maximum Gasteiger partial charge on any atom is 0.316 e. The topological polar surface area (TPSA) is 84.0 Å². The van der Waals surface area contributed by atoms with Gasteiger partial charge in [0, 0.05) is 24.4 Å². The summed E-state index contributed by atoms with van der Waals surface area (Å²) in [6, 6.07) is 20.3. The van der Waals surface area contributed by atoms with Crippen LogP contribution >= 0.6 is 0 Å². The molecule has 2 saturated carbocycles. The summed E-state index contributed by atoms with van der Waals surface area (Å²) in [7, 11) is 0. The van der Waals surface area contributed by atoms with Crippen LogP contribution < -0.4 is 14.5 Å². The highest BCUT2D eigenvalue weighted by atomic mass is 16.5. The van der Waals surface area contributed by atoms with Gasteiger partial charge in [-0.25, -0.2) is 4.90 Å². The Bertz CT molecular complexity index is 1590. The molecule has 9 rings (SSSR count). The van der Waals surface area contributed by atoms with Crippen molar-refractivity contribution in [1.82, 2.24) is 0 Å². The van der Waals surface area contributed by atoms with Gasteiger partial charge >= 0.3 is 5.97 Å². The molecule has 0 unspecified atom stereocenters. The van der Waals surface area contributed by atoms with Crippen molar-refractivity contribution in [2.24, 2.45) is 41.4 Å². The van der Waals surface area contributed by atoms with Crippen LogP contribution in [0.25, 0.3) is 10.8 Å². The summed E-state index contributed by atoms with van der Waals surface area (Å²) in [5.41, 5.74) is 1.21. The number of imide groups is 1. The smallest absolute Gasteiger partial charge is 0.316 e. The Morgan fingerprint density at radius 2 is 1.51 bits per heavy atom. The lowest BCUT2D eigenvalue weighted by atomic mass is 9.63. The van der Waals surface area contributed by atoms with E-state index in [0.717, 1.165) is 22.9 Å². The number of nitrogens with zero attached hydrogens (tertiary/aromatic N) is 2. The third kappa shape index (κ3) is 3.28. The maximum atomic E-state index is 13.5. The van der Waals surface area contributed by atoms with Gasteiger partial charge in [0.25, 0.3) is 0 Å². The number of ether oxygens (including phenoxy) is 1. The van der Waals surface area contributed by atoms with E-state index in [1.807, 2.05) is 42.5 Å². The predicted molar refractivity (Wildman–Crippen MR) is 144 cm³/mol. The van der Waals surface area contributed by atoms with Crippen LogP contribution in [0.3, 0.4) is 0 Å². The third-order valence-electron chi connectivity index (χ3n) is 9.47. The van der Waals surface area contributed by atoms with Crippen molar-refractivity contribution in [2.45, 2.75) is 12.8 Å². The van der Waals surface area contributed by atoms with Crippen LogP contribution in [0.2, 0.25) is 0 Å². The summed E-state index contributed by atoms with van der Waals surface area (Å²) in [6.45, 7) is 0.232. The lowest BCUT2D eigenvalue weighted by Gasteiger charge is -2.37. The number of amides is 3. The van der Waals surface area contributed by atoms with Crippen LogP contribution in [-0.2, 0) is 19.2 Å². The summed E-state index contributed by atoms with van der Waals surface area (Å²) in [5.74, 6) is -0.485. The third-order valence-corrected chi connectivity index (χ3v) is 9.47. The van der Waals surface area contributed by atoms with Crippen molar-refractivity contribution in [3.05, 3.63) is 78.9 Å². The van der Waals surface area contributed by atoms with Gasteiger partial charge in [-0.2, -0.15) is 0 Å². The molecular weight excluding hydrogens is 492 g/mol. The molecule has 2 bridgehead atoms. The van der Waals surface area contributed by atoms with E-state index in [-0.39, 0.29) is 60.1 Å². The second-order valence-corrected chi connectivity index (χ2v) is 11.5. The largest absolute Gasteiger partial charge is 0.426 e. The molecule has 194 valence electrons. The van der Waals surface area contributed by atoms with E-state index >= 15 is 0 Å². The first-order chi connectivity index (χ1) is 19.0. The molecular formula is C32H26N2O5. The Hall–Kier alpha value is -4.26. The fourth-order valence-electron chi connectivity index (χ4n) is 7.64. The fraction of sp³-hybridized carbons (Fsp3) is 0.312. The number of rotatable bonds is 4. The molecule has 0 aromatic heterocycles. The van der Waals surface area contributed by atoms with E-state index in [1.165, 1.54) is 4.90 Å². The van der Waals surface area contributed by atoms with Crippen molar-refractivity contribution < 1.29 is 23.9 Å². The van der Waals surface area contributed by atoms with Gasteiger partial charge in [0.2, 0.25) is 17.7 Å². The first-order valence-electron chi connectivity index (χ1n) is 13.7. The van der Waals surface area contributed by atoms with Gasteiger partial charge in [-0.15, -0.1) is 0 Å². The fourth-order valence-corrected chi connectivity index (χ4v) is 7.64. The van der Waals surface area contributed by atoms with Crippen LogP contribution in [-0.4, -0.2) is 30.2 Å². The normalized spacial score (nSPS) is 32.1. The molecule has 2 saturated heterocycles. The summed E-state index contributed by atoms with van der Waals surface area (Å²) < 4.78 is 5.71. The van der Waals surface area contributed by atoms with Gasteiger partial charge in [0.05, 0.1) is 29.1 Å². The highest BCUT2D eigenvalue weighted by molar-refractivity contribution is 6.22. The van der Waals surface area contributed by atoms with Crippen molar-refractivity contribution >= 4 is 45.8 Å². The summed E-state index contributed by atoms with van der Waals surface area (Å²) in [4.78, 5) is 56.0. The number of benzene rings is 3. The Morgan fingerprint density at radius 3 is 2.28 bits per heavy atom. The van der Waals surface area contributed by atoms with Crippen molar-refractivity contribution in [3.63, 3.8) is 0 Å². The van der Waals surface area contributed by atoms with Gasteiger partial charge in [0.15, 0.2) is 0 Å². The molecule has 4 aliphatic carbocycles. The zero-order valence-corrected chi connectivity index (χ0v) is 21.1. The number of fused-ring (bicyclic) bond motifs is 1. The molecule has 6 aliphatic rings. The zero-order chi connectivity index (χ0) is 26.4. The van der Waals surface area contributed by atoms with E-state index in [0.29, 0.717) is 17.5 Å². The standard InChI is InChI=1S/C32H26N2O5/c35-27-13-18(16-33(27)26-10-3-6-17-5-1-2-9-21(17)26)32(38)39-20-8-4-7-19(14-20)34-30(36)28-22-11-12-23(25-15-24(22)25)29(28)31(34)37/h1-12,14,18,22-25,28-29H,13,15-16H2/t18-,22-,23-,24-,25+,28-,29+/m0/s1. The molecule has 3 aromatic rings.